The fourth-order valence-electron chi connectivity index (χ4n) is 9.12. The summed E-state index contributed by atoms with van der Waals surface area (Å²) < 4.78 is 0. The number of carbonyl (C=O) groups is 2. The summed E-state index contributed by atoms with van der Waals surface area (Å²) in [6.07, 6.45) is 11.1. The summed E-state index contributed by atoms with van der Waals surface area (Å²) >= 11 is 0. The summed E-state index contributed by atoms with van der Waals surface area (Å²) in [6.45, 7) is 6.68. The van der Waals surface area contributed by atoms with E-state index in [4.69, 9.17) is 4.84 Å². The molecule has 3 fully saturated rings. The summed E-state index contributed by atoms with van der Waals surface area (Å²) in [6, 6.07) is 9.36. The lowest BCUT2D eigenvalue weighted by atomic mass is 9.46. The molecule has 1 heterocycles. The van der Waals surface area contributed by atoms with Crippen LogP contribution in [-0.4, -0.2) is 29.5 Å². The molecule has 0 radical (unpaired) electrons. The molecule has 1 aromatic carbocycles. The van der Waals surface area contributed by atoms with E-state index in [0.29, 0.717) is 23.5 Å². The molecule has 4 aliphatic carbocycles. The van der Waals surface area contributed by atoms with Gasteiger partial charge in [0, 0.05) is 17.1 Å². The van der Waals surface area contributed by atoms with E-state index in [9.17, 15) is 9.59 Å². The number of aromatic nitrogens is 1. The van der Waals surface area contributed by atoms with Crippen molar-refractivity contribution >= 4 is 28.4 Å². The smallest absolute Gasteiger partial charge is 0.357 e. The Kier molecular flexibility index (Phi) is 6.37. The van der Waals surface area contributed by atoms with Crippen LogP contribution in [0.3, 0.4) is 0 Å². The van der Waals surface area contributed by atoms with Gasteiger partial charge in [0.15, 0.2) is 0 Å². The zero-order chi connectivity index (χ0) is 26.7. The second-order valence-electron chi connectivity index (χ2n) is 12.8. The highest BCUT2D eigenvalue weighted by molar-refractivity contribution is 5.97. The summed E-state index contributed by atoms with van der Waals surface area (Å²) in [7, 11) is 1.76. The molecule has 6 heteroatoms. The van der Waals surface area contributed by atoms with Crippen LogP contribution < -0.4 is 5.32 Å². The van der Waals surface area contributed by atoms with Crippen LogP contribution in [0.4, 0.5) is 0 Å². The SMILES string of the molecule is CN[C@H](C(=O)O/N=C1/C=C2CCC3C(CC[C@@]4(C)C3CC[C@@H]4C(C)=O)[C@@]2(C)CC1)c1cc2ccccc2[nH]1. The second-order valence-corrected chi connectivity index (χ2v) is 12.8. The Morgan fingerprint density at radius 2 is 1.89 bits per heavy atom. The van der Waals surface area contributed by atoms with Gasteiger partial charge in [-0.05, 0) is 118 Å². The number of oxime groups is 1. The largest absolute Gasteiger partial charge is 0.357 e. The van der Waals surface area contributed by atoms with Crippen molar-refractivity contribution in [1.82, 2.24) is 10.3 Å². The number of ketones is 1. The molecule has 0 amide bonds. The lowest BCUT2D eigenvalue weighted by Gasteiger charge is -2.58. The van der Waals surface area contributed by atoms with Crippen LogP contribution in [0.25, 0.3) is 10.9 Å². The van der Waals surface area contributed by atoms with Crippen LogP contribution >= 0.6 is 0 Å². The molecule has 3 unspecified atom stereocenters. The van der Waals surface area contributed by atoms with Gasteiger partial charge < -0.3 is 15.1 Å². The number of nitrogens with one attached hydrogen (secondary N) is 2. The van der Waals surface area contributed by atoms with Crippen LogP contribution in [0.5, 0.6) is 0 Å². The van der Waals surface area contributed by atoms with Crippen molar-refractivity contribution in [3.63, 3.8) is 0 Å². The zero-order valence-corrected chi connectivity index (χ0v) is 23.2. The van der Waals surface area contributed by atoms with Crippen molar-refractivity contribution in [1.29, 1.82) is 0 Å². The van der Waals surface area contributed by atoms with Crippen molar-refractivity contribution in [2.75, 3.05) is 7.05 Å². The Morgan fingerprint density at radius 3 is 2.66 bits per heavy atom. The monoisotopic (exact) mass is 515 g/mol. The number of para-hydroxylation sites is 1. The summed E-state index contributed by atoms with van der Waals surface area (Å²) in [5.74, 6) is 2.30. The van der Waals surface area contributed by atoms with E-state index in [1.165, 1.54) is 31.3 Å². The predicted octanol–water partition coefficient (Wildman–Crippen LogP) is 6.50. The molecule has 3 saturated carbocycles. The third-order valence-electron chi connectivity index (χ3n) is 11.1. The molecule has 38 heavy (non-hydrogen) atoms. The van der Waals surface area contributed by atoms with Gasteiger partial charge in [-0.15, -0.1) is 0 Å². The van der Waals surface area contributed by atoms with Gasteiger partial charge >= 0.3 is 5.97 Å². The number of Topliss-reactive ketones (excluding diaryl/α,β-unsaturated/α-hetero) is 1. The Morgan fingerprint density at radius 1 is 1.08 bits per heavy atom. The summed E-state index contributed by atoms with van der Waals surface area (Å²) in [5.41, 5.74) is 4.48. The van der Waals surface area contributed by atoms with Crippen LogP contribution in [-0.2, 0) is 14.4 Å². The normalized spacial score (nSPS) is 36.2. The number of aromatic amines is 1. The number of likely N-dealkylation sites (N-methyl/N-ethyl adjacent to an activating group) is 1. The Hall–Kier alpha value is -2.73. The average Bonchev–Trinajstić information content (AvgIpc) is 3.48. The third kappa shape index (κ3) is 3.98. The lowest BCUT2D eigenvalue weighted by Crippen LogP contribution is -2.51. The van der Waals surface area contributed by atoms with Crippen LogP contribution in [0.2, 0.25) is 0 Å². The fourth-order valence-corrected chi connectivity index (χ4v) is 9.12. The van der Waals surface area contributed by atoms with E-state index in [2.05, 4.69) is 35.4 Å². The third-order valence-corrected chi connectivity index (χ3v) is 11.1. The first kappa shape index (κ1) is 25.5. The van der Waals surface area contributed by atoms with Crippen molar-refractivity contribution in [3.05, 3.63) is 47.7 Å². The molecule has 4 aliphatic rings. The molecular weight excluding hydrogens is 474 g/mol. The zero-order valence-electron chi connectivity index (χ0n) is 23.2. The first-order valence-electron chi connectivity index (χ1n) is 14.5. The highest BCUT2D eigenvalue weighted by atomic mass is 16.7. The van der Waals surface area contributed by atoms with Gasteiger partial charge in [-0.1, -0.05) is 42.8 Å². The number of benzene rings is 1. The maximum absolute atomic E-state index is 13.0. The predicted molar refractivity (Wildman–Crippen MR) is 150 cm³/mol. The van der Waals surface area contributed by atoms with E-state index < -0.39 is 12.0 Å². The molecule has 0 aliphatic heterocycles. The number of fused-ring (bicyclic) bond motifs is 6. The molecule has 0 spiro atoms. The number of nitrogens with zero attached hydrogens (tertiary/aromatic N) is 1. The number of hydrogen-bond acceptors (Lipinski definition) is 5. The van der Waals surface area contributed by atoms with E-state index in [1.807, 2.05) is 30.3 Å². The number of carbonyl (C=O) groups excluding carboxylic acids is 2. The maximum atomic E-state index is 13.0. The fraction of sp³-hybridized carbons (Fsp3) is 0.594. The van der Waals surface area contributed by atoms with E-state index in [1.54, 1.807) is 14.0 Å². The van der Waals surface area contributed by atoms with Crippen molar-refractivity contribution in [3.8, 4) is 0 Å². The van der Waals surface area contributed by atoms with E-state index in [0.717, 1.165) is 48.0 Å². The van der Waals surface area contributed by atoms with Crippen molar-refractivity contribution < 1.29 is 14.4 Å². The standard InChI is InChI=1S/C32H41N3O3/c1-19(36)24-11-12-25-23-10-9-21-18-22(13-15-31(21,2)26(23)14-16-32(24,25)3)35-38-30(37)29(33-4)28-17-20-7-5-6-8-27(20)34-28/h5-8,17-18,23-26,29,33-34H,9-16H2,1-4H3/b35-22+/t23?,24-,25?,26?,29+,31+,32-/m1/s1. The Bertz CT molecular complexity index is 1290. The van der Waals surface area contributed by atoms with Gasteiger partial charge in [0.05, 0.1) is 5.71 Å². The minimum Gasteiger partial charge on any atom is -0.357 e. The lowest BCUT2D eigenvalue weighted by molar-refractivity contribution is -0.146. The number of rotatable bonds is 5. The van der Waals surface area contributed by atoms with E-state index in [-0.39, 0.29) is 16.7 Å². The molecule has 6 nitrogen and oxygen atoms in total. The molecule has 7 atom stereocenters. The van der Waals surface area contributed by atoms with Crippen molar-refractivity contribution in [2.45, 2.75) is 78.2 Å². The van der Waals surface area contributed by atoms with Gasteiger partial charge in [0.25, 0.3) is 0 Å². The molecule has 0 saturated heterocycles. The topological polar surface area (TPSA) is 83.5 Å². The molecule has 202 valence electrons. The second kappa shape index (κ2) is 9.48. The highest BCUT2D eigenvalue weighted by Crippen LogP contribution is 2.66. The average molecular weight is 516 g/mol. The molecule has 0 bridgehead atoms. The van der Waals surface area contributed by atoms with Crippen LogP contribution in [0, 0.1) is 34.5 Å². The Balaban J connectivity index is 1.17. The maximum Gasteiger partial charge on any atom is 0.357 e. The minimum atomic E-state index is -0.606. The van der Waals surface area contributed by atoms with Gasteiger partial charge in [-0.2, -0.15) is 0 Å². The van der Waals surface area contributed by atoms with Crippen molar-refractivity contribution in [2.24, 2.45) is 39.7 Å². The number of hydrogen-bond donors (Lipinski definition) is 2. The summed E-state index contributed by atoms with van der Waals surface area (Å²) in [5, 5.41) is 8.48. The first-order valence-corrected chi connectivity index (χ1v) is 14.5. The molecule has 6 rings (SSSR count). The van der Waals surface area contributed by atoms with Gasteiger partial charge in [0.1, 0.15) is 11.8 Å². The molecule has 2 aromatic rings. The summed E-state index contributed by atoms with van der Waals surface area (Å²) in [4.78, 5) is 34.2. The molecule has 2 N–H and O–H groups in total. The molecule has 1 aromatic heterocycles. The van der Waals surface area contributed by atoms with Gasteiger partial charge in [-0.3, -0.25) is 4.79 Å². The molecular formula is C32H41N3O3. The van der Waals surface area contributed by atoms with Gasteiger partial charge in [0.2, 0.25) is 0 Å². The van der Waals surface area contributed by atoms with E-state index >= 15 is 0 Å². The number of H-pyrrole nitrogens is 1. The van der Waals surface area contributed by atoms with Crippen LogP contribution in [0.15, 0.2) is 47.1 Å². The number of allylic oxidation sites excluding steroid dienone is 2. The Labute approximate surface area is 225 Å². The first-order chi connectivity index (χ1) is 18.2. The van der Waals surface area contributed by atoms with Gasteiger partial charge in [-0.25, -0.2) is 4.79 Å². The highest BCUT2D eigenvalue weighted by Gasteiger charge is 2.59. The quantitative estimate of drug-likeness (QED) is 0.352. The minimum absolute atomic E-state index is 0.180. The van der Waals surface area contributed by atoms with Crippen LogP contribution in [0.1, 0.15) is 83.9 Å².